The number of ether oxygens (including phenoxy) is 4. The smallest absolute Gasteiger partial charge is 0.251 e. The van der Waals surface area contributed by atoms with Crippen LogP contribution in [0.15, 0.2) is 60.7 Å². The summed E-state index contributed by atoms with van der Waals surface area (Å²) in [6, 6.07) is 19.4. The lowest BCUT2D eigenvalue weighted by atomic mass is 10.0. The van der Waals surface area contributed by atoms with Crippen molar-refractivity contribution in [1.82, 2.24) is 5.32 Å². The van der Waals surface area contributed by atoms with Crippen LogP contribution in [0.2, 0.25) is 0 Å². The van der Waals surface area contributed by atoms with Crippen molar-refractivity contribution in [3.05, 3.63) is 66.2 Å². The maximum atomic E-state index is 14.8. The van der Waals surface area contributed by atoms with Crippen molar-refractivity contribution in [3.63, 3.8) is 0 Å². The van der Waals surface area contributed by atoms with Gasteiger partial charge in [-0.25, -0.2) is 0 Å². The molecule has 1 unspecified atom stereocenters. The Labute approximate surface area is 195 Å². The number of hydrogen-bond acceptors (Lipinski definition) is 7. The topological polar surface area (TPSA) is 75.2 Å². The molecule has 1 N–H and O–H groups in total. The molecule has 0 spiro atoms. The maximum absolute atomic E-state index is 14.8. The van der Waals surface area contributed by atoms with Crippen LogP contribution in [0.25, 0.3) is 0 Å². The second-order valence-electron chi connectivity index (χ2n) is 9.75. The Kier molecular flexibility index (Phi) is 6.03. The molecular formula is C25H32NO6P. The zero-order valence-corrected chi connectivity index (χ0v) is 20.4. The van der Waals surface area contributed by atoms with Gasteiger partial charge >= 0.3 is 0 Å². The Balaban J connectivity index is 1.53. The van der Waals surface area contributed by atoms with Crippen LogP contribution < -0.4 is 10.6 Å². The Hall–Kier alpha value is -1.57. The minimum Gasteiger partial charge on any atom is -0.348 e. The molecule has 0 saturated carbocycles. The lowest BCUT2D eigenvalue weighted by molar-refractivity contribution is -0.174. The normalized spacial score (nSPS) is 37.0. The fourth-order valence-electron chi connectivity index (χ4n) is 4.88. The van der Waals surface area contributed by atoms with Crippen LogP contribution in [0.4, 0.5) is 0 Å². The summed E-state index contributed by atoms with van der Waals surface area (Å²) in [5, 5.41) is 4.14. The van der Waals surface area contributed by atoms with Gasteiger partial charge in [0.05, 0.1) is 6.61 Å². The fraction of sp³-hybridized carbons (Fsp3) is 0.520. The van der Waals surface area contributed by atoms with Crippen LogP contribution in [0.5, 0.6) is 0 Å². The Morgan fingerprint density at radius 2 is 1.48 bits per heavy atom. The fourth-order valence-corrected chi connectivity index (χ4v) is 7.61. The molecule has 0 bridgehead atoms. The molecule has 0 amide bonds. The number of nitrogens with one attached hydrogen (secondary N) is 1. The summed E-state index contributed by atoms with van der Waals surface area (Å²) in [6.45, 7) is 8.34. The quantitative estimate of drug-likeness (QED) is 0.663. The lowest BCUT2D eigenvalue weighted by Crippen LogP contribution is -2.58. The van der Waals surface area contributed by atoms with Crippen molar-refractivity contribution in [2.75, 3.05) is 6.61 Å². The number of rotatable bonds is 5. The molecule has 0 aliphatic carbocycles. The SMILES string of the molecule is CC1(C)O[C@H]2[C@@H]([C@H]3COC(C)(C)O3)OP(=O)(c3ccccc3)[C@@H](NCc3ccccc3)[C@H]2O1. The highest BCUT2D eigenvalue weighted by Gasteiger charge is 2.62. The first-order valence-corrected chi connectivity index (χ1v) is 13.1. The second kappa shape index (κ2) is 8.58. The molecule has 2 aromatic carbocycles. The van der Waals surface area contributed by atoms with Crippen molar-refractivity contribution < 1.29 is 28.0 Å². The molecule has 3 aliphatic rings. The van der Waals surface area contributed by atoms with Crippen LogP contribution in [-0.4, -0.2) is 48.4 Å². The highest BCUT2D eigenvalue weighted by molar-refractivity contribution is 7.67. The van der Waals surface area contributed by atoms with Gasteiger partial charge in [0.1, 0.15) is 30.2 Å². The van der Waals surface area contributed by atoms with Gasteiger partial charge in [0.25, 0.3) is 7.37 Å². The van der Waals surface area contributed by atoms with Gasteiger partial charge in [-0.3, -0.25) is 9.88 Å². The summed E-state index contributed by atoms with van der Waals surface area (Å²) in [6.07, 6.45) is -1.96. The van der Waals surface area contributed by atoms with Gasteiger partial charge in [-0.05, 0) is 45.4 Å². The molecule has 7 nitrogen and oxygen atoms in total. The van der Waals surface area contributed by atoms with E-state index < -0.39 is 49.1 Å². The largest absolute Gasteiger partial charge is 0.348 e. The van der Waals surface area contributed by atoms with E-state index >= 15 is 0 Å². The zero-order chi connectivity index (χ0) is 23.3. The molecular weight excluding hydrogens is 441 g/mol. The Morgan fingerprint density at radius 1 is 0.848 bits per heavy atom. The average molecular weight is 474 g/mol. The van der Waals surface area contributed by atoms with Crippen molar-refractivity contribution in [2.24, 2.45) is 0 Å². The minimum absolute atomic E-state index is 0.335. The summed E-state index contributed by atoms with van der Waals surface area (Å²) in [4.78, 5) is 0. The van der Waals surface area contributed by atoms with Gasteiger partial charge in [-0.1, -0.05) is 48.5 Å². The third-order valence-corrected chi connectivity index (χ3v) is 9.10. The van der Waals surface area contributed by atoms with Crippen LogP contribution in [-0.2, 0) is 34.6 Å². The molecule has 2 aromatic rings. The van der Waals surface area contributed by atoms with E-state index in [0.717, 1.165) is 5.56 Å². The molecule has 3 aliphatic heterocycles. The molecule has 3 heterocycles. The zero-order valence-electron chi connectivity index (χ0n) is 19.5. The Bertz CT molecular complexity index is 1010. The summed E-state index contributed by atoms with van der Waals surface area (Å²) < 4.78 is 45.9. The first-order chi connectivity index (χ1) is 15.7. The predicted octanol–water partition coefficient (Wildman–Crippen LogP) is 3.78. The van der Waals surface area contributed by atoms with E-state index in [9.17, 15) is 4.57 Å². The second-order valence-corrected chi connectivity index (χ2v) is 12.2. The van der Waals surface area contributed by atoms with Crippen LogP contribution >= 0.6 is 7.37 Å². The molecule has 5 rings (SSSR count). The van der Waals surface area contributed by atoms with Gasteiger partial charge in [0.15, 0.2) is 11.6 Å². The molecule has 6 atom stereocenters. The highest BCUT2D eigenvalue weighted by Crippen LogP contribution is 2.60. The van der Waals surface area contributed by atoms with Crippen molar-refractivity contribution in [1.29, 1.82) is 0 Å². The summed E-state index contributed by atoms with van der Waals surface area (Å²) in [5.74, 6) is -2.17. The lowest BCUT2D eigenvalue weighted by Gasteiger charge is -2.44. The molecule has 3 fully saturated rings. The van der Waals surface area contributed by atoms with E-state index in [4.69, 9.17) is 23.5 Å². The van der Waals surface area contributed by atoms with Gasteiger partial charge in [0, 0.05) is 11.8 Å². The van der Waals surface area contributed by atoms with E-state index in [2.05, 4.69) is 5.32 Å². The minimum atomic E-state index is -3.44. The van der Waals surface area contributed by atoms with E-state index in [1.54, 1.807) is 0 Å². The van der Waals surface area contributed by atoms with E-state index in [1.165, 1.54) is 0 Å². The number of benzene rings is 2. The molecule has 3 saturated heterocycles. The van der Waals surface area contributed by atoms with Crippen LogP contribution in [0.1, 0.15) is 33.3 Å². The standard InChI is InChI=1S/C25H32NO6P/c1-24(2)28-16-19(29-24)20-21-22(31-25(3,4)30-21)23(26-15-17-11-7-5-8-12-17)33(27,32-20)18-13-9-6-10-14-18/h5-14,19-23,26H,15-16H2,1-4H3/t19-,20-,21+,22+,23-,33?/m1/s1. The molecule has 0 radical (unpaired) electrons. The van der Waals surface area contributed by atoms with Crippen molar-refractivity contribution >= 4 is 12.7 Å². The van der Waals surface area contributed by atoms with Crippen LogP contribution in [0, 0.1) is 0 Å². The van der Waals surface area contributed by atoms with Crippen molar-refractivity contribution in [2.45, 2.75) is 76.0 Å². The maximum Gasteiger partial charge on any atom is 0.251 e. The Morgan fingerprint density at radius 3 is 2.12 bits per heavy atom. The van der Waals surface area contributed by atoms with Gasteiger partial charge in [0.2, 0.25) is 0 Å². The molecule has 0 aromatic heterocycles. The summed E-state index contributed by atoms with van der Waals surface area (Å²) >= 11 is 0. The van der Waals surface area contributed by atoms with Gasteiger partial charge in [-0.2, -0.15) is 0 Å². The van der Waals surface area contributed by atoms with Crippen LogP contribution in [0.3, 0.4) is 0 Å². The molecule has 33 heavy (non-hydrogen) atoms. The monoisotopic (exact) mass is 473 g/mol. The van der Waals surface area contributed by atoms with E-state index in [0.29, 0.717) is 18.5 Å². The summed E-state index contributed by atoms with van der Waals surface area (Å²) in [7, 11) is -3.44. The van der Waals surface area contributed by atoms with E-state index in [-0.39, 0.29) is 0 Å². The van der Waals surface area contributed by atoms with Crippen molar-refractivity contribution in [3.8, 4) is 0 Å². The summed E-state index contributed by atoms with van der Waals surface area (Å²) in [5.41, 5.74) is 1.09. The third kappa shape index (κ3) is 4.56. The number of hydrogen-bond donors (Lipinski definition) is 1. The predicted molar refractivity (Wildman–Crippen MR) is 124 cm³/mol. The van der Waals surface area contributed by atoms with Gasteiger partial charge in [-0.15, -0.1) is 0 Å². The van der Waals surface area contributed by atoms with Gasteiger partial charge < -0.3 is 23.5 Å². The molecule has 8 heteroatoms. The van der Waals surface area contributed by atoms with E-state index in [1.807, 2.05) is 88.4 Å². The molecule has 178 valence electrons. The number of fused-ring (bicyclic) bond motifs is 1. The third-order valence-electron chi connectivity index (χ3n) is 6.31. The first-order valence-electron chi connectivity index (χ1n) is 11.5. The first kappa shape index (κ1) is 23.2. The highest BCUT2D eigenvalue weighted by atomic mass is 31.2. The average Bonchev–Trinajstić information content (AvgIpc) is 3.31.